The highest BCUT2D eigenvalue weighted by molar-refractivity contribution is 7.99. The van der Waals surface area contributed by atoms with E-state index >= 15 is 0 Å². The Morgan fingerprint density at radius 1 is 1.26 bits per heavy atom. The molecule has 0 radical (unpaired) electrons. The van der Waals surface area contributed by atoms with Crippen molar-refractivity contribution in [2.24, 2.45) is 5.41 Å². The van der Waals surface area contributed by atoms with Crippen LogP contribution in [-0.4, -0.2) is 27.2 Å². The van der Waals surface area contributed by atoms with Crippen LogP contribution in [-0.2, 0) is 6.42 Å². The minimum atomic E-state index is -0.597. The number of hydrogen-bond donors (Lipinski definition) is 1. The van der Waals surface area contributed by atoms with E-state index < -0.39 is 5.60 Å². The van der Waals surface area contributed by atoms with Gasteiger partial charge >= 0.3 is 0 Å². The van der Waals surface area contributed by atoms with Gasteiger partial charge in [0.15, 0.2) is 0 Å². The highest BCUT2D eigenvalue weighted by atomic mass is 32.2. The molecular weight excluding hydrogens is 274 g/mol. The first-order valence-corrected chi connectivity index (χ1v) is 8.58. The summed E-state index contributed by atoms with van der Waals surface area (Å²) in [5, 5.41) is 11.9. The number of thiazole rings is 1. The normalized spacial score (nSPS) is 26.7. The van der Waals surface area contributed by atoms with Gasteiger partial charge in [-0.15, -0.1) is 11.3 Å². The molecule has 0 aliphatic carbocycles. The molecule has 1 atom stereocenters. The minimum absolute atomic E-state index is 0.217. The Morgan fingerprint density at radius 3 is 2.79 bits per heavy atom. The van der Waals surface area contributed by atoms with Crippen LogP contribution in [0.15, 0.2) is 24.3 Å². The number of fused-ring (bicyclic) bond motifs is 1. The first-order chi connectivity index (χ1) is 8.96. The summed E-state index contributed by atoms with van der Waals surface area (Å²) in [6.45, 7) is 4.48. The van der Waals surface area contributed by atoms with E-state index in [2.05, 4.69) is 24.9 Å². The van der Waals surface area contributed by atoms with Gasteiger partial charge in [0.2, 0.25) is 0 Å². The Morgan fingerprint density at radius 2 is 2.05 bits per heavy atom. The summed E-state index contributed by atoms with van der Waals surface area (Å²) in [5.41, 5.74) is 0.670. The molecule has 19 heavy (non-hydrogen) atoms. The van der Waals surface area contributed by atoms with E-state index in [0.29, 0.717) is 6.42 Å². The van der Waals surface area contributed by atoms with Crippen molar-refractivity contribution < 1.29 is 5.11 Å². The molecule has 2 heterocycles. The van der Waals surface area contributed by atoms with Gasteiger partial charge in [0, 0.05) is 12.2 Å². The van der Waals surface area contributed by atoms with Gasteiger partial charge in [-0.1, -0.05) is 26.0 Å². The van der Waals surface area contributed by atoms with Crippen molar-refractivity contribution in [3.05, 3.63) is 29.3 Å². The zero-order chi connectivity index (χ0) is 13.5. The minimum Gasteiger partial charge on any atom is -0.389 e. The van der Waals surface area contributed by atoms with Gasteiger partial charge in [0.1, 0.15) is 0 Å². The van der Waals surface area contributed by atoms with Crippen molar-refractivity contribution in [3.63, 3.8) is 0 Å². The van der Waals surface area contributed by atoms with Crippen molar-refractivity contribution >= 4 is 33.3 Å². The van der Waals surface area contributed by atoms with Crippen LogP contribution in [0, 0.1) is 5.41 Å². The summed E-state index contributed by atoms with van der Waals surface area (Å²) < 4.78 is 1.21. The molecule has 1 aliphatic heterocycles. The average Bonchev–Trinajstić information content (AvgIpc) is 2.67. The topological polar surface area (TPSA) is 33.1 Å². The van der Waals surface area contributed by atoms with Gasteiger partial charge in [0.25, 0.3) is 0 Å². The Bertz CT molecular complexity index is 560. The van der Waals surface area contributed by atoms with Crippen LogP contribution in [0.1, 0.15) is 25.3 Å². The molecule has 1 saturated heterocycles. The van der Waals surface area contributed by atoms with Gasteiger partial charge in [-0.3, -0.25) is 0 Å². The Balaban J connectivity index is 1.83. The molecule has 1 unspecified atom stereocenters. The predicted octanol–water partition coefficient (Wildman–Crippen LogP) is 3.73. The number of rotatable bonds is 2. The van der Waals surface area contributed by atoms with E-state index in [-0.39, 0.29) is 5.41 Å². The van der Waals surface area contributed by atoms with E-state index in [0.717, 1.165) is 28.5 Å². The number of para-hydroxylation sites is 1. The van der Waals surface area contributed by atoms with Crippen LogP contribution in [0.4, 0.5) is 0 Å². The molecule has 0 amide bonds. The lowest BCUT2D eigenvalue weighted by molar-refractivity contribution is 0.0200. The molecule has 0 saturated carbocycles. The lowest BCUT2D eigenvalue weighted by Gasteiger charge is -2.40. The van der Waals surface area contributed by atoms with Crippen molar-refractivity contribution in [2.45, 2.75) is 32.3 Å². The van der Waals surface area contributed by atoms with Crippen LogP contribution in [0.25, 0.3) is 10.2 Å². The fourth-order valence-corrected chi connectivity index (χ4v) is 5.35. The largest absolute Gasteiger partial charge is 0.389 e. The summed E-state index contributed by atoms with van der Waals surface area (Å²) in [6.07, 6.45) is 1.55. The second-order valence-corrected chi connectivity index (χ2v) is 8.41. The molecule has 0 spiro atoms. The fourth-order valence-electron chi connectivity index (χ4n) is 2.90. The Labute approximate surface area is 122 Å². The molecular formula is C15H19NOS2. The monoisotopic (exact) mass is 293 g/mol. The number of aromatic nitrogens is 1. The molecule has 1 fully saturated rings. The van der Waals surface area contributed by atoms with Crippen molar-refractivity contribution in [3.8, 4) is 0 Å². The van der Waals surface area contributed by atoms with Crippen molar-refractivity contribution in [1.82, 2.24) is 4.98 Å². The van der Waals surface area contributed by atoms with Gasteiger partial charge in [-0.2, -0.15) is 11.8 Å². The van der Waals surface area contributed by atoms with Crippen LogP contribution in [0.3, 0.4) is 0 Å². The van der Waals surface area contributed by atoms with Gasteiger partial charge in [-0.25, -0.2) is 4.98 Å². The summed E-state index contributed by atoms with van der Waals surface area (Å²) >= 11 is 3.57. The molecule has 2 aromatic rings. The lowest BCUT2D eigenvalue weighted by Crippen LogP contribution is -2.44. The first kappa shape index (κ1) is 13.4. The second-order valence-electron chi connectivity index (χ2n) is 6.31. The molecule has 1 N–H and O–H groups in total. The Kier molecular flexibility index (Phi) is 3.36. The fraction of sp³-hybridized carbons (Fsp3) is 0.533. The maximum atomic E-state index is 10.8. The highest BCUT2D eigenvalue weighted by Crippen LogP contribution is 2.41. The second kappa shape index (κ2) is 4.76. The summed E-state index contributed by atoms with van der Waals surface area (Å²) in [7, 11) is 0. The maximum Gasteiger partial charge on any atom is 0.0967 e. The van der Waals surface area contributed by atoms with Crippen molar-refractivity contribution in [1.29, 1.82) is 0 Å². The summed E-state index contributed by atoms with van der Waals surface area (Å²) in [6, 6.07) is 8.19. The average molecular weight is 293 g/mol. The summed E-state index contributed by atoms with van der Waals surface area (Å²) in [4.78, 5) is 4.65. The van der Waals surface area contributed by atoms with E-state index in [1.54, 1.807) is 11.3 Å². The van der Waals surface area contributed by atoms with Crippen molar-refractivity contribution in [2.75, 3.05) is 11.5 Å². The molecule has 0 bridgehead atoms. The quantitative estimate of drug-likeness (QED) is 0.916. The van der Waals surface area contributed by atoms with Crippen LogP contribution >= 0.6 is 23.1 Å². The van der Waals surface area contributed by atoms with E-state index in [1.165, 1.54) is 4.70 Å². The number of nitrogens with zero attached hydrogens (tertiary/aromatic N) is 1. The number of aliphatic hydroxyl groups is 1. The van der Waals surface area contributed by atoms with Crippen LogP contribution in [0.2, 0.25) is 0 Å². The zero-order valence-corrected chi connectivity index (χ0v) is 13.0. The third-order valence-corrected chi connectivity index (χ3v) is 6.25. The standard InChI is InChI=1S/C15H19NOS2/c1-14(2)8-15(17,10-18-9-14)7-13-16-11-5-3-4-6-12(11)19-13/h3-6,17H,7-10H2,1-2H3. The third-order valence-electron chi connectivity index (χ3n) is 3.49. The smallest absolute Gasteiger partial charge is 0.0967 e. The summed E-state index contributed by atoms with van der Waals surface area (Å²) in [5.74, 6) is 1.96. The Hall–Kier alpha value is -0.580. The van der Waals surface area contributed by atoms with Crippen LogP contribution < -0.4 is 0 Å². The molecule has 1 aromatic carbocycles. The number of benzene rings is 1. The highest BCUT2D eigenvalue weighted by Gasteiger charge is 2.39. The SMILES string of the molecule is CC1(C)CSCC(O)(Cc2nc3ccccc3s2)C1. The lowest BCUT2D eigenvalue weighted by atomic mass is 9.80. The number of thioether (sulfide) groups is 1. The maximum absolute atomic E-state index is 10.8. The van der Waals surface area contributed by atoms with Gasteiger partial charge < -0.3 is 5.11 Å². The molecule has 102 valence electrons. The van der Waals surface area contributed by atoms with E-state index in [4.69, 9.17) is 0 Å². The first-order valence-electron chi connectivity index (χ1n) is 6.61. The van der Waals surface area contributed by atoms with Gasteiger partial charge in [0.05, 0.1) is 20.8 Å². The van der Waals surface area contributed by atoms with E-state index in [9.17, 15) is 5.11 Å². The van der Waals surface area contributed by atoms with E-state index in [1.807, 2.05) is 30.0 Å². The molecule has 4 heteroatoms. The zero-order valence-electron chi connectivity index (χ0n) is 11.3. The third kappa shape index (κ3) is 2.96. The molecule has 2 nitrogen and oxygen atoms in total. The molecule has 1 aliphatic rings. The molecule has 1 aromatic heterocycles. The predicted molar refractivity (Wildman–Crippen MR) is 84.0 cm³/mol. The van der Waals surface area contributed by atoms with Crippen LogP contribution in [0.5, 0.6) is 0 Å². The molecule has 3 rings (SSSR count). The van der Waals surface area contributed by atoms with Gasteiger partial charge in [-0.05, 0) is 29.7 Å². The number of hydrogen-bond acceptors (Lipinski definition) is 4.